The summed E-state index contributed by atoms with van der Waals surface area (Å²) in [6.07, 6.45) is 0.813. The van der Waals surface area contributed by atoms with Gasteiger partial charge in [0.2, 0.25) is 0 Å². The van der Waals surface area contributed by atoms with E-state index in [2.05, 4.69) is 15.0 Å². The first-order chi connectivity index (χ1) is 11.9. The van der Waals surface area contributed by atoms with E-state index in [1.165, 1.54) is 24.6 Å². The van der Waals surface area contributed by atoms with E-state index in [-0.39, 0.29) is 42.4 Å². The van der Waals surface area contributed by atoms with Gasteiger partial charge in [-0.2, -0.15) is 0 Å². The minimum Gasteiger partial charge on any atom is -0.508 e. The number of phenolic OH excluding ortho intramolecular Hbond substituents is 1. The van der Waals surface area contributed by atoms with Crippen LogP contribution in [0, 0.1) is 5.92 Å². The van der Waals surface area contributed by atoms with Crippen molar-refractivity contribution < 1.29 is 23.0 Å². The maximum Gasteiger partial charge on any atom is 0.573 e. The number of hydrogen-bond donors (Lipinski definition) is 2. The van der Waals surface area contributed by atoms with Crippen LogP contribution < -0.4 is 10.1 Å². The number of rotatable bonds is 4. The maximum atomic E-state index is 12.6. The van der Waals surface area contributed by atoms with Crippen molar-refractivity contribution in [3.63, 3.8) is 0 Å². The normalized spacial score (nSPS) is 20.3. The standard InChI is InChI=1S/C18H25F3N2O2.2ClH/c19-18(20,21)25-14-6-7-16(24)15(12-14)17(13-4-2-1-3-5-13)23-10-8-22-9-11-23;;/h6-7,12-13,17,22,24H,1-5,8-11H2;2*1H/t17-;;/m0../s1. The lowest BCUT2D eigenvalue weighted by atomic mass is 9.80. The van der Waals surface area contributed by atoms with E-state index in [1.807, 2.05) is 0 Å². The Morgan fingerprint density at radius 1 is 1.07 bits per heavy atom. The van der Waals surface area contributed by atoms with Crippen molar-refractivity contribution >= 4 is 24.8 Å². The van der Waals surface area contributed by atoms with Crippen molar-refractivity contribution in [1.29, 1.82) is 0 Å². The van der Waals surface area contributed by atoms with E-state index in [9.17, 15) is 18.3 Å². The molecule has 27 heavy (non-hydrogen) atoms. The second kappa shape index (κ2) is 10.6. The zero-order chi connectivity index (χ0) is 17.9. The number of aromatic hydroxyl groups is 1. The molecule has 1 aromatic rings. The van der Waals surface area contributed by atoms with Crippen LogP contribution in [-0.2, 0) is 0 Å². The topological polar surface area (TPSA) is 44.7 Å². The Morgan fingerprint density at radius 2 is 1.70 bits per heavy atom. The predicted octanol–water partition coefficient (Wildman–Crippen LogP) is 4.66. The van der Waals surface area contributed by atoms with Crippen LogP contribution in [0.1, 0.15) is 43.7 Å². The molecule has 1 aliphatic heterocycles. The number of phenols is 1. The van der Waals surface area contributed by atoms with Crippen LogP contribution in [-0.4, -0.2) is 42.5 Å². The molecule has 156 valence electrons. The van der Waals surface area contributed by atoms with Crippen LogP contribution in [0.5, 0.6) is 11.5 Å². The number of nitrogens with one attached hydrogen (secondary N) is 1. The molecule has 0 bridgehead atoms. The number of alkyl halides is 3. The number of nitrogens with zero attached hydrogens (tertiary/aromatic N) is 1. The fourth-order valence-corrected chi connectivity index (χ4v) is 4.13. The fraction of sp³-hybridized carbons (Fsp3) is 0.667. The van der Waals surface area contributed by atoms with E-state index in [4.69, 9.17) is 0 Å². The van der Waals surface area contributed by atoms with E-state index >= 15 is 0 Å². The first-order valence-electron chi connectivity index (χ1n) is 8.97. The van der Waals surface area contributed by atoms with Gasteiger partial charge in [-0.05, 0) is 37.0 Å². The summed E-state index contributed by atoms with van der Waals surface area (Å²) in [5, 5.41) is 13.7. The van der Waals surface area contributed by atoms with Gasteiger partial charge in [0.1, 0.15) is 11.5 Å². The summed E-state index contributed by atoms with van der Waals surface area (Å²) >= 11 is 0. The van der Waals surface area contributed by atoms with E-state index < -0.39 is 6.36 Å². The van der Waals surface area contributed by atoms with Gasteiger partial charge in [-0.25, -0.2) is 0 Å². The van der Waals surface area contributed by atoms with Crippen molar-refractivity contribution in [2.75, 3.05) is 26.2 Å². The van der Waals surface area contributed by atoms with Crippen LogP contribution in [0.25, 0.3) is 0 Å². The summed E-state index contributed by atoms with van der Waals surface area (Å²) in [5.41, 5.74) is 0.551. The molecule has 0 radical (unpaired) electrons. The van der Waals surface area contributed by atoms with Gasteiger partial charge in [0, 0.05) is 37.8 Å². The Hall–Kier alpha value is -0.890. The number of benzene rings is 1. The highest BCUT2D eigenvalue weighted by molar-refractivity contribution is 5.85. The van der Waals surface area contributed by atoms with Crippen LogP contribution in [0.15, 0.2) is 18.2 Å². The summed E-state index contributed by atoms with van der Waals surface area (Å²) in [5.74, 6) is 0.124. The van der Waals surface area contributed by atoms with Gasteiger partial charge in [-0.15, -0.1) is 38.0 Å². The summed E-state index contributed by atoms with van der Waals surface area (Å²) < 4.78 is 41.8. The van der Waals surface area contributed by atoms with Crippen molar-refractivity contribution in [1.82, 2.24) is 10.2 Å². The Kier molecular flexibility index (Phi) is 9.48. The van der Waals surface area contributed by atoms with Crippen molar-refractivity contribution in [2.45, 2.75) is 44.5 Å². The quantitative estimate of drug-likeness (QED) is 0.728. The number of ether oxygens (including phenoxy) is 1. The molecule has 1 saturated carbocycles. The Labute approximate surface area is 170 Å². The second-order valence-corrected chi connectivity index (χ2v) is 6.90. The van der Waals surface area contributed by atoms with Crippen LogP contribution in [0.2, 0.25) is 0 Å². The lowest BCUT2D eigenvalue weighted by Crippen LogP contribution is -2.47. The lowest BCUT2D eigenvalue weighted by molar-refractivity contribution is -0.274. The first kappa shape index (κ1) is 24.1. The number of halogens is 5. The summed E-state index contributed by atoms with van der Waals surface area (Å²) in [4.78, 5) is 2.29. The molecular weight excluding hydrogens is 404 g/mol. The van der Waals surface area contributed by atoms with Gasteiger partial charge in [0.25, 0.3) is 0 Å². The summed E-state index contributed by atoms with van der Waals surface area (Å²) in [6, 6.07) is 3.78. The van der Waals surface area contributed by atoms with Crippen LogP contribution >= 0.6 is 24.8 Å². The second-order valence-electron chi connectivity index (χ2n) is 6.90. The van der Waals surface area contributed by atoms with Gasteiger partial charge >= 0.3 is 6.36 Å². The lowest BCUT2D eigenvalue weighted by Gasteiger charge is -2.41. The molecule has 1 atom stereocenters. The highest BCUT2D eigenvalue weighted by Gasteiger charge is 2.35. The molecule has 0 amide bonds. The third-order valence-corrected chi connectivity index (χ3v) is 5.19. The van der Waals surface area contributed by atoms with Crippen molar-refractivity contribution in [2.24, 2.45) is 5.92 Å². The maximum absolute atomic E-state index is 12.6. The molecule has 1 aromatic carbocycles. The smallest absolute Gasteiger partial charge is 0.508 e. The molecule has 1 saturated heterocycles. The Balaban J connectivity index is 0.00000182. The average molecular weight is 431 g/mol. The molecule has 1 aliphatic carbocycles. The van der Waals surface area contributed by atoms with Gasteiger partial charge in [-0.3, -0.25) is 4.90 Å². The first-order valence-corrected chi connectivity index (χ1v) is 8.97. The van der Waals surface area contributed by atoms with Gasteiger partial charge in [0.05, 0.1) is 0 Å². The molecule has 2 fully saturated rings. The number of piperazine rings is 1. The summed E-state index contributed by atoms with van der Waals surface area (Å²) in [6.45, 7) is 3.35. The highest BCUT2D eigenvalue weighted by atomic mass is 35.5. The Bertz CT molecular complexity index is 560. The van der Waals surface area contributed by atoms with E-state index in [0.29, 0.717) is 11.5 Å². The number of hydrogen-bond acceptors (Lipinski definition) is 4. The predicted molar refractivity (Wildman–Crippen MR) is 103 cm³/mol. The van der Waals surface area contributed by atoms with Gasteiger partial charge in [-0.1, -0.05) is 19.3 Å². The molecule has 1 heterocycles. The molecule has 2 aliphatic rings. The third-order valence-electron chi connectivity index (χ3n) is 5.19. The summed E-state index contributed by atoms with van der Waals surface area (Å²) in [7, 11) is 0. The zero-order valence-electron chi connectivity index (χ0n) is 15.0. The van der Waals surface area contributed by atoms with Gasteiger partial charge < -0.3 is 15.2 Å². The van der Waals surface area contributed by atoms with E-state index in [0.717, 1.165) is 51.9 Å². The third kappa shape index (κ3) is 6.59. The molecule has 3 rings (SSSR count). The monoisotopic (exact) mass is 430 g/mol. The highest BCUT2D eigenvalue weighted by Crippen LogP contribution is 2.43. The minimum absolute atomic E-state index is 0. The van der Waals surface area contributed by atoms with Crippen molar-refractivity contribution in [3.8, 4) is 11.5 Å². The van der Waals surface area contributed by atoms with Gasteiger partial charge in [0.15, 0.2) is 0 Å². The average Bonchev–Trinajstić information content (AvgIpc) is 2.59. The molecule has 2 N–H and O–H groups in total. The molecule has 4 nitrogen and oxygen atoms in total. The largest absolute Gasteiger partial charge is 0.573 e. The molecule has 0 aromatic heterocycles. The minimum atomic E-state index is -4.73. The molecule has 9 heteroatoms. The van der Waals surface area contributed by atoms with Crippen LogP contribution in [0.4, 0.5) is 13.2 Å². The molecule has 0 unspecified atom stereocenters. The SMILES string of the molecule is Cl.Cl.Oc1ccc(OC(F)(F)F)cc1[C@H](C1CCCCC1)N1CCNCC1. The van der Waals surface area contributed by atoms with Crippen LogP contribution in [0.3, 0.4) is 0 Å². The molecular formula is C18H27Cl2F3N2O2. The zero-order valence-corrected chi connectivity index (χ0v) is 16.6. The molecule has 0 spiro atoms. The Morgan fingerprint density at radius 3 is 2.30 bits per heavy atom. The van der Waals surface area contributed by atoms with E-state index in [1.54, 1.807) is 0 Å². The fourth-order valence-electron chi connectivity index (χ4n) is 4.13. The van der Waals surface area contributed by atoms with Crippen molar-refractivity contribution in [3.05, 3.63) is 23.8 Å².